The molecule has 7 nitrogen and oxygen atoms in total. The van der Waals surface area contributed by atoms with Crippen LogP contribution in [0, 0.1) is 0 Å². The molecule has 1 unspecified atom stereocenters. The number of benzene rings is 1. The number of H-pyrrole nitrogens is 1. The number of aromatic amines is 1. The van der Waals surface area contributed by atoms with Crippen molar-refractivity contribution in [2.24, 2.45) is 0 Å². The van der Waals surface area contributed by atoms with Gasteiger partial charge in [0.25, 0.3) is 0 Å². The standard InChI is InChI=1S/C15H17N3O4S/c19-13(17-5-6-23-9-10(17)7-14(20)21)8-18-12-4-2-1-3-11(12)16-15(18)22/h1-4,10H,5-9H2,(H,16,22)(H,20,21). The zero-order valence-corrected chi connectivity index (χ0v) is 13.2. The number of carboxylic acid groups (broad SMARTS) is 1. The van der Waals surface area contributed by atoms with E-state index in [1.54, 1.807) is 34.9 Å². The molecule has 1 fully saturated rings. The van der Waals surface area contributed by atoms with Gasteiger partial charge in [0.15, 0.2) is 0 Å². The van der Waals surface area contributed by atoms with Crippen molar-refractivity contribution in [1.82, 2.24) is 14.5 Å². The summed E-state index contributed by atoms with van der Waals surface area (Å²) in [4.78, 5) is 39.9. The topological polar surface area (TPSA) is 95.4 Å². The van der Waals surface area contributed by atoms with Crippen molar-refractivity contribution < 1.29 is 14.7 Å². The maximum Gasteiger partial charge on any atom is 0.326 e. The van der Waals surface area contributed by atoms with Crippen LogP contribution in [-0.4, -0.2) is 55.5 Å². The molecule has 8 heteroatoms. The number of amides is 1. The Morgan fingerprint density at radius 1 is 1.35 bits per heavy atom. The molecule has 2 N–H and O–H groups in total. The van der Waals surface area contributed by atoms with Crippen LogP contribution in [-0.2, 0) is 16.1 Å². The summed E-state index contributed by atoms with van der Waals surface area (Å²) in [5, 5.41) is 9.00. The third-order valence-corrected chi connectivity index (χ3v) is 5.02. The van der Waals surface area contributed by atoms with Gasteiger partial charge >= 0.3 is 11.7 Å². The normalized spacial score (nSPS) is 18.3. The number of thioether (sulfide) groups is 1. The lowest BCUT2D eigenvalue weighted by Gasteiger charge is -2.34. The number of aromatic nitrogens is 2. The van der Waals surface area contributed by atoms with Crippen LogP contribution < -0.4 is 5.69 Å². The number of carbonyl (C=O) groups excluding carboxylic acids is 1. The second-order valence-electron chi connectivity index (χ2n) is 5.45. The van der Waals surface area contributed by atoms with Crippen LogP contribution >= 0.6 is 11.8 Å². The molecule has 0 spiro atoms. The maximum atomic E-state index is 12.6. The predicted molar refractivity (Wildman–Crippen MR) is 87.6 cm³/mol. The van der Waals surface area contributed by atoms with Gasteiger partial charge in [0.2, 0.25) is 5.91 Å². The summed E-state index contributed by atoms with van der Waals surface area (Å²) in [6.07, 6.45) is -0.0679. The molecule has 0 radical (unpaired) electrons. The van der Waals surface area contributed by atoms with Crippen molar-refractivity contribution in [2.75, 3.05) is 18.1 Å². The molecule has 1 atom stereocenters. The minimum Gasteiger partial charge on any atom is -0.481 e. The minimum absolute atomic E-state index is 0.0679. The van der Waals surface area contributed by atoms with Gasteiger partial charge in [0.05, 0.1) is 23.5 Å². The predicted octanol–water partition coefficient (Wildman–Crippen LogP) is 0.748. The first-order valence-corrected chi connectivity index (χ1v) is 8.48. The highest BCUT2D eigenvalue weighted by Crippen LogP contribution is 2.20. The Balaban J connectivity index is 1.83. The number of hydrogen-bond acceptors (Lipinski definition) is 4. The third kappa shape index (κ3) is 3.26. The summed E-state index contributed by atoms with van der Waals surface area (Å²) in [5.74, 6) is 0.258. The number of fused-ring (bicyclic) bond motifs is 1. The van der Waals surface area contributed by atoms with Crippen molar-refractivity contribution in [2.45, 2.75) is 19.0 Å². The van der Waals surface area contributed by atoms with Crippen LogP contribution in [0.1, 0.15) is 6.42 Å². The molecule has 1 saturated heterocycles. The van der Waals surface area contributed by atoms with E-state index in [4.69, 9.17) is 5.11 Å². The molecule has 1 aromatic carbocycles. The zero-order valence-electron chi connectivity index (χ0n) is 12.4. The Hall–Kier alpha value is -2.22. The van der Waals surface area contributed by atoms with Crippen LogP contribution in [0.25, 0.3) is 11.0 Å². The first-order chi connectivity index (χ1) is 11.1. The average molecular weight is 335 g/mol. The Labute approximate surface area is 136 Å². The fourth-order valence-corrected chi connectivity index (χ4v) is 3.91. The molecular weight excluding hydrogens is 318 g/mol. The number of carbonyl (C=O) groups is 2. The summed E-state index contributed by atoms with van der Waals surface area (Å²) in [6, 6.07) is 6.86. The Bertz CT molecular complexity index is 797. The second-order valence-corrected chi connectivity index (χ2v) is 6.60. The van der Waals surface area contributed by atoms with Crippen molar-refractivity contribution in [3.05, 3.63) is 34.7 Å². The van der Waals surface area contributed by atoms with Crippen LogP contribution in [0.2, 0.25) is 0 Å². The largest absolute Gasteiger partial charge is 0.481 e. The van der Waals surface area contributed by atoms with Gasteiger partial charge in [-0.2, -0.15) is 11.8 Å². The lowest BCUT2D eigenvalue weighted by molar-refractivity contribution is -0.140. The van der Waals surface area contributed by atoms with Crippen LogP contribution in [0.15, 0.2) is 29.1 Å². The van der Waals surface area contributed by atoms with Gasteiger partial charge in [-0.1, -0.05) is 12.1 Å². The smallest absolute Gasteiger partial charge is 0.326 e. The molecule has 23 heavy (non-hydrogen) atoms. The van der Waals surface area contributed by atoms with Gasteiger partial charge in [-0.15, -0.1) is 0 Å². The van der Waals surface area contributed by atoms with E-state index >= 15 is 0 Å². The second kappa shape index (κ2) is 6.49. The lowest BCUT2D eigenvalue weighted by atomic mass is 10.2. The number of imidazole rings is 1. The summed E-state index contributed by atoms with van der Waals surface area (Å²) < 4.78 is 1.40. The first-order valence-electron chi connectivity index (χ1n) is 7.33. The van der Waals surface area contributed by atoms with Crippen molar-refractivity contribution in [3.8, 4) is 0 Å². The van der Waals surface area contributed by atoms with Crippen LogP contribution in [0.5, 0.6) is 0 Å². The molecular formula is C15H17N3O4S. The number of para-hydroxylation sites is 2. The monoisotopic (exact) mass is 335 g/mol. The Morgan fingerprint density at radius 2 is 2.13 bits per heavy atom. The van der Waals surface area contributed by atoms with Crippen molar-refractivity contribution >= 4 is 34.7 Å². The number of carboxylic acids is 1. The van der Waals surface area contributed by atoms with Gasteiger partial charge in [-0.3, -0.25) is 14.2 Å². The number of nitrogens with one attached hydrogen (secondary N) is 1. The highest BCUT2D eigenvalue weighted by molar-refractivity contribution is 7.99. The first kappa shape index (κ1) is 15.7. The zero-order chi connectivity index (χ0) is 16.4. The van der Waals surface area contributed by atoms with E-state index in [2.05, 4.69) is 4.98 Å². The quantitative estimate of drug-likeness (QED) is 0.859. The SMILES string of the molecule is O=C(O)CC1CSCCN1C(=O)Cn1c(=O)[nH]c2ccccc21. The van der Waals surface area contributed by atoms with E-state index in [0.29, 0.717) is 23.3 Å². The lowest BCUT2D eigenvalue weighted by Crippen LogP contribution is -2.48. The molecule has 2 aromatic rings. The molecule has 2 heterocycles. The molecule has 1 aliphatic heterocycles. The van der Waals surface area contributed by atoms with E-state index < -0.39 is 5.97 Å². The fraction of sp³-hybridized carbons (Fsp3) is 0.400. The molecule has 1 aromatic heterocycles. The van der Waals surface area contributed by atoms with Gasteiger partial charge < -0.3 is 15.0 Å². The number of rotatable bonds is 4. The Kier molecular flexibility index (Phi) is 4.42. The van der Waals surface area contributed by atoms with Gasteiger partial charge in [0, 0.05) is 18.1 Å². The molecule has 122 valence electrons. The fourth-order valence-electron chi connectivity index (χ4n) is 2.84. The third-order valence-electron chi connectivity index (χ3n) is 3.93. The maximum absolute atomic E-state index is 12.6. The van der Waals surface area contributed by atoms with Gasteiger partial charge in [-0.25, -0.2) is 4.79 Å². The highest BCUT2D eigenvalue weighted by atomic mass is 32.2. The summed E-state index contributed by atoms with van der Waals surface area (Å²) in [7, 11) is 0. The summed E-state index contributed by atoms with van der Waals surface area (Å²) in [6.45, 7) is 0.433. The Morgan fingerprint density at radius 3 is 2.91 bits per heavy atom. The van der Waals surface area contributed by atoms with E-state index in [0.717, 1.165) is 5.75 Å². The highest BCUT2D eigenvalue weighted by Gasteiger charge is 2.29. The summed E-state index contributed by atoms with van der Waals surface area (Å²) >= 11 is 1.65. The average Bonchev–Trinajstić information content (AvgIpc) is 2.83. The van der Waals surface area contributed by atoms with E-state index in [1.165, 1.54) is 4.57 Å². The van der Waals surface area contributed by atoms with Gasteiger partial charge in [0.1, 0.15) is 6.54 Å². The van der Waals surface area contributed by atoms with Crippen LogP contribution in [0.4, 0.5) is 0 Å². The molecule has 3 rings (SSSR count). The van der Waals surface area contributed by atoms with Gasteiger partial charge in [-0.05, 0) is 12.1 Å². The number of nitrogens with zero attached hydrogens (tertiary/aromatic N) is 2. The van der Waals surface area contributed by atoms with E-state index in [-0.39, 0.29) is 30.6 Å². The molecule has 0 saturated carbocycles. The molecule has 0 bridgehead atoms. The van der Waals surface area contributed by atoms with Crippen LogP contribution in [0.3, 0.4) is 0 Å². The molecule has 1 aliphatic rings. The molecule has 0 aliphatic carbocycles. The van der Waals surface area contributed by atoms with E-state index in [1.807, 2.05) is 6.07 Å². The number of aliphatic carboxylic acids is 1. The van der Waals surface area contributed by atoms with E-state index in [9.17, 15) is 14.4 Å². The van der Waals surface area contributed by atoms with Crippen molar-refractivity contribution in [1.29, 1.82) is 0 Å². The van der Waals surface area contributed by atoms with Crippen molar-refractivity contribution in [3.63, 3.8) is 0 Å². The minimum atomic E-state index is -0.917. The molecule has 1 amide bonds. The number of hydrogen-bond donors (Lipinski definition) is 2. The summed E-state index contributed by atoms with van der Waals surface area (Å²) in [5.41, 5.74) is 1.02.